The molecule has 0 amide bonds. The molecule has 0 spiro atoms. The molecule has 62 valence electrons. The maximum absolute atomic E-state index is 5.64. The van der Waals surface area contributed by atoms with Gasteiger partial charge in [-0.05, 0) is 13.1 Å². The second-order valence-corrected chi connectivity index (χ2v) is 2.43. The number of nitrogens with two attached hydrogens (primary N) is 1. The Morgan fingerprint density at radius 2 is 2.27 bits per heavy atom. The van der Waals surface area contributed by atoms with E-state index in [-0.39, 0.29) is 0 Å². The maximum atomic E-state index is 5.64. The highest BCUT2D eigenvalue weighted by molar-refractivity contribution is 6.31. The Bertz CT molecular complexity index is 202. The highest BCUT2D eigenvalue weighted by Gasteiger charge is 2.01. The fourth-order valence-electron chi connectivity index (χ4n) is 0.523. The van der Waals surface area contributed by atoms with Crippen molar-refractivity contribution < 1.29 is 0 Å². The predicted octanol–water partition coefficient (Wildman–Crippen LogP) is 1.18. The van der Waals surface area contributed by atoms with Crippen molar-refractivity contribution in [2.75, 3.05) is 7.05 Å². The molecule has 0 atom stereocenters. The van der Waals surface area contributed by atoms with Crippen LogP contribution in [0.1, 0.15) is 6.92 Å². The number of amidine groups is 1. The van der Waals surface area contributed by atoms with Crippen LogP contribution in [0.15, 0.2) is 28.5 Å². The second-order valence-electron chi connectivity index (χ2n) is 1.87. The number of aliphatic imine (C=N–C) groups is 1. The monoisotopic (exact) mass is 173 g/mol. The molecule has 0 fully saturated rings. The summed E-state index contributed by atoms with van der Waals surface area (Å²) in [5.41, 5.74) is 6.00. The average molecular weight is 174 g/mol. The molecule has 0 radical (unpaired) electrons. The lowest BCUT2D eigenvalue weighted by Crippen LogP contribution is -2.24. The first-order valence-corrected chi connectivity index (χ1v) is 3.47. The van der Waals surface area contributed by atoms with Gasteiger partial charge >= 0.3 is 0 Å². The Balaban J connectivity index is 4.54. The number of allylic oxidation sites excluding steroid dienone is 1. The van der Waals surface area contributed by atoms with Gasteiger partial charge in [0.05, 0.1) is 5.70 Å². The van der Waals surface area contributed by atoms with Crippen LogP contribution in [0.25, 0.3) is 0 Å². The Labute approximate surface area is 71.6 Å². The lowest BCUT2D eigenvalue weighted by atomic mass is 10.4. The number of hydrogen-bond donors (Lipinski definition) is 2. The van der Waals surface area contributed by atoms with E-state index in [4.69, 9.17) is 17.3 Å². The van der Waals surface area contributed by atoms with Gasteiger partial charge in [-0.1, -0.05) is 18.2 Å². The minimum absolute atomic E-state index is 0.439. The molecule has 0 aliphatic heterocycles. The number of rotatable bonds is 2. The molecule has 0 aliphatic carbocycles. The first-order valence-electron chi connectivity index (χ1n) is 3.10. The minimum atomic E-state index is 0.439. The molecule has 3 N–H and O–H groups in total. The van der Waals surface area contributed by atoms with E-state index in [0.29, 0.717) is 16.6 Å². The third-order valence-electron chi connectivity index (χ3n) is 1.09. The number of nitrogens with zero attached hydrogens (tertiary/aromatic N) is 1. The lowest BCUT2D eigenvalue weighted by Gasteiger charge is -2.05. The molecule has 0 saturated carbocycles. The Hall–Kier alpha value is -0.960. The molecule has 0 rings (SSSR count). The largest absolute Gasteiger partial charge is 0.395 e. The van der Waals surface area contributed by atoms with Crippen LogP contribution in [0.2, 0.25) is 0 Å². The highest BCUT2D eigenvalue weighted by atomic mass is 35.5. The summed E-state index contributed by atoms with van der Waals surface area (Å²) in [6.07, 6.45) is 1.50. The van der Waals surface area contributed by atoms with Crippen molar-refractivity contribution in [2.24, 2.45) is 10.7 Å². The molecule has 0 saturated heterocycles. The van der Waals surface area contributed by atoms with E-state index >= 15 is 0 Å². The third kappa shape index (κ3) is 3.09. The van der Waals surface area contributed by atoms with Gasteiger partial charge in [0.1, 0.15) is 5.84 Å². The molecule has 4 heteroatoms. The van der Waals surface area contributed by atoms with Crippen LogP contribution in [0.4, 0.5) is 0 Å². The molecule has 3 nitrogen and oxygen atoms in total. The summed E-state index contributed by atoms with van der Waals surface area (Å²) < 4.78 is 0. The molecule has 0 bridgehead atoms. The van der Waals surface area contributed by atoms with Crippen LogP contribution in [0.5, 0.6) is 0 Å². The summed E-state index contributed by atoms with van der Waals surface area (Å²) in [5, 5.41) is 3.27. The van der Waals surface area contributed by atoms with Crippen LogP contribution in [0, 0.1) is 0 Å². The van der Waals surface area contributed by atoms with Crippen LogP contribution in [-0.2, 0) is 0 Å². The van der Waals surface area contributed by atoms with Gasteiger partial charge in [0.2, 0.25) is 0 Å². The number of halogens is 1. The van der Waals surface area contributed by atoms with Crippen molar-refractivity contribution in [1.82, 2.24) is 5.32 Å². The van der Waals surface area contributed by atoms with Crippen LogP contribution < -0.4 is 11.1 Å². The van der Waals surface area contributed by atoms with Gasteiger partial charge in [-0.3, -0.25) is 4.99 Å². The topological polar surface area (TPSA) is 50.4 Å². The Kier molecular flexibility index (Phi) is 4.38. The molecule has 0 unspecified atom stereocenters. The molecule has 0 aromatic rings. The van der Waals surface area contributed by atoms with Crippen molar-refractivity contribution >= 4 is 17.4 Å². The Morgan fingerprint density at radius 1 is 1.73 bits per heavy atom. The van der Waals surface area contributed by atoms with Crippen molar-refractivity contribution in [1.29, 1.82) is 0 Å². The van der Waals surface area contributed by atoms with Gasteiger partial charge in [-0.2, -0.15) is 0 Å². The average Bonchev–Trinajstić information content (AvgIpc) is 1.98. The predicted molar refractivity (Wildman–Crippen MR) is 49.4 cm³/mol. The zero-order chi connectivity index (χ0) is 8.85. The summed E-state index contributed by atoms with van der Waals surface area (Å²) >= 11 is 5.64. The molecule has 0 aromatic heterocycles. The summed E-state index contributed by atoms with van der Waals surface area (Å²) in [6, 6.07) is 0. The highest BCUT2D eigenvalue weighted by Crippen LogP contribution is 2.03. The zero-order valence-electron chi connectivity index (χ0n) is 6.69. The summed E-state index contributed by atoms with van der Waals surface area (Å²) in [4.78, 5) is 3.87. The van der Waals surface area contributed by atoms with E-state index in [1.54, 1.807) is 14.0 Å². The van der Waals surface area contributed by atoms with E-state index < -0.39 is 0 Å². The van der Waals surface area contributed by atoms with Crippen molar-refractivity contribution in [3.8, 4) is 0 Å². The summed E-state index contributed by atoms with van der Waals surface area (Å²) in [5.74, 6) is 0.535. The first-order chi connectivity index (χ1) is 5.13. The van der Waals surface area contributed by atoms with E-state index in [2.05, 4.69) is 16.9 Å². The van der Waals surface area contributed by atoms with E-state index in [0.717, 1.165) is 0 Å². The number of nitrogens with one attached hydrogen (secondary N) is 1. The first kappa shape index (κ1) is 10.0. The van der Waals surface area contributed by atoms with E-state index in [9.17, 15) is 0 Å². The minimum Gasteiger partial charge on any atom is -0.395 e. The normalized spacial score (nSPS) is 13.9. The molecular weight excluding hydrogens is 162 g/mol. The van der Waals surface area contributed by atoms with Crippen molar-refractivity contribution in [3.05, 3.63) is 23.5 Å². The fourth-order valence-corrected chi connectivity index (χ4v) is 0.612. The zero-order valence-corrected chi connectivity index (χ0v) is 7.44. The fraction of sp³-hybridized carbons (Fsp3) is 0.286. The Morgan fingerprint density at radius 3 is 2.55 bits per heavy atom. The van der Waals surface area contributed by atoms with Gasteiger partial charge in [-0.25, -0.2) is 0 Å². The van der Waals surface area contributed by atoms with Crippen LogP contribution >= 0.6 is 11.6 Å². The van der Waals surface area contributed by atoms with Gasteiger partial charge in [-0.15, -0.1) is 0 Å². The quantitative estimate of drug-likeness (QED) is 0.487. The van der Waals surface area contributed by atoms with Crippen LogP contribution in [0.3, 0.4) is 0 Å². The van der Waals surface area contributed by atoms with E-state index in [1.807, 2.05) is 0 Å². The van der Waals surface area contributed by atoms with E-state index in [1.165, 1.54) is 6.20 Å². The van der Waals surface area contributed by atoms with Crippen molar-refractivity contribution in [3.63, 3.8) is 0 Å². The van der Waals surface area contributed by atoms with Crippen molar-refractivity contribution in [2.45, 2.75) is 6.92 Å². The standard InChI is InChI=1S/C7H12ClN3/c1-4-11-7(10-3)6(9)5(2)8/h4H,1,9H2,2-3H3,(H,10,11)/b6-5-. The molecule has 11 heavy (non-hydrogen) atoms. The summed E-state index contributed by atoms with van der Waals surface area (Å²) in [6.45, 7) is 5.18. The van der Waals surface area contributed by atoms with Gasteiger partial charge < -0.3 is 11.1 Å². The van der Waals surface area contributed by atoms with Gasteiger partial charge in [0.25, 0.3) is 0 Å². The molecule has 0 aliphatic rings. The van der Waals surface area contributed by atoms with Gasteiger partial charge in [0.15, 0.2) is 0 Å². The molecular formula is C7H12ClN3. The smallest absolute Gasteiger partial charge is 0.149 e. The lowest BCUT2D eigenvalue weighted by molar-refractivity contribution is 1.19. The van der Waals surface area contributed by atoms with Gasteiger partial charge in [0, 0.05) is 12.1 Å². The molecule has 0 aromatic carbocycles. The SMILES string of the molecule is C=CNC(=NC)/C(N)=C(\C)Cl. The maximum Gasteiger partial charge on any atom is 0.149 e. The second kappa shape index (κ2) is 4.79. The third-order valence-corrected chi connectivity index (χ3v) is 1.29. The number of hydrogen-bond acceptors (Lipinski definition) is 2. The summed E-state index contributed by atoms with van der Waals surface area (Å²) in [7, 11) is 1.62. The molecule has 0 heterocycles. The van der Waals surface area contributed by atoms with Crippen LogP contribution in [-0.4, -0.2) is 12.9 Å².